The summed E-state index contributed by atoms with van der Waals surface area (Å²) in [5.41, 5.74) is 11.6. The molecule has 0 fully saturated rings. The van der Waals surface area contributed by atoms with Crippen molar-refractivity contribution < 1.29 is 0 Å². The van der Waals surface area contributed by atoms with Crippen LogP contribution in [-0.4, -0.2) is 4.98 Å². The van der Waals surface area contributed by atoms with Crippen LogP contribution in [0, 0.1) is 20.8 Å². The van der Waals surface area contributed by atoms with Gasteiger partial charge >= 0.3 is 0 Å². The van der Waals surface area contributed by atoms with Crippen molar-refractivity contribution in [2.75, 3.05) is 5.32 Å². The van der Waals surface area contributed by atoms with Crippen molar-refractivity contribution in [2.45, 2.75) is 27.3 Å². The Labute approximate surface area is 108 Å². The minimum Gasteiger partial charge on any atom is -0.340 e. The maximum Gasteiger partial charge on any atom is 0.134 e. The van der Waals surface area contributed by atoms with Crippen molar-refractivity contribution in [1.29, 1.82) is 0 Å². The molecule has 0 aliphatic heterocycles. The zero-order valence-electron chi connectivity index (χ0n) is 11.1. The zero-order valence-corrected chi connectivity index (χ0v) is 11.1. The number of hydrogen-bond donors (Lipinski definition) is 2. The first kappa shape index (κ1) is 12.6. The first-order valence-corrected chi connectivity index (χ1v) is 6.10. The Balaban J connectivity index is 2.40. The minimum absolute atomic E-state index is 0.486. The quantitative estimate of drug-likeness (QED) is 0.867. The highest BCUT2D eigenvalue weighted by Crippen LogP contribution is 2.26. The first-order chi connectivity index (χ1) is 8.61. The van der Waals surface area contributed by atoms with E-state index in [2.05, 4.69) is 43.2 Å². The number of aromatic nitrogens is 1. The molecule has 94 valence electrons. The summed E-state index contributed by atoms with van der Waals surface area (Å²) >= 11 is 0. The molecule has 0 radical (unpaired) electrons. The van der Waals surface area contributed by atoms with E-state index in [1.165, 1.54) is 16.7 Å². The minimum atomic E-state index is 0.486. The van der Waals surface area contributed by atoms with Crippen LogP contribution in [0.15, 0.2) is 30.5 Å². The van der Waals surface area contributed by atoms with Crippen LogP contribution >= 0.6 is 0 Å². The summed E-state index contributed by atoms with van der Waals surface area (Å²) in [5, 5.41) is 3.40. The van der Waals surface area contributed by atoms with E-state index < -0.39 is 0 Å². The van der Waals surface area contributed by atoms with Crippen LogP contribution in [0.5, 0.6) is 0 Å². The molecule has 3 N–H and O–H groups in total. The Morgan fingerprint density at radius 1 is 1.17 bits per heavy atom. The van der Waals surface area contributed by atoms with Crippen LogP contribution in [0.25, 0.3) is 0 Å². The molecule has 3 heteroatoms. The van der Waals surface area contributed by atoms with Gasteiger partial charge in [-0.15, -0.1) is 0 Å². The molecule has 0 aliphatic rings. The second kappa shape index (κ2) is 5.19. The number of rotatable bonds is 3. The predicted molar refractivity (Wildman–Crippen MR) is 76.1 cm³/mol. The van der Waals surface area contributed by atoms with Crippen molar-refractivity contribution >= 4 is 11.5 Å². The van der Waals surface area contributed by atoms with Crippen molar-refractivity contribution in [3.05, 3.63) is 52.7 Å². The highest BCUT2D eigenvalue weighted by molar-refractivity contribution is 5.66. The summed E-state index contributed by atoms with van der Waals surface area (Å²) in [6.07, 6.45) is 1.78. The van der Waals surface area contributed by atoms with Gasteiger partial charge in [0.1, 0.15) is 5.82 Å². The third kappa shape index (κ3) is 2.51. The van der Waals surface area contributed by atoms with E-state index >= 15 is 0 Å². The van der Waals surface area contributed by atoms with Gasteiger partial charge in [0, 0.05) is 24.0 Å². The summed E-state index contributed by atoms with van der Waals surface area (Å²) in [6.45, 7) is 6.80. The number of aryl methyl sites for hydroxylation is 3. The molecule has 0 unspecified atom stereocenters. The molecular weight excluding hydrogens is 222 g/mol. The molecule has 0 saturated heterocycles. The van der Waals surface area contributed by atoms with Gasteiger partial charge < -0.3 is 11.1 Å². The molecule has 1 heterocycles. The summed E-state index contributed by atoms with van der Waals surface area (Å²) in [7, 11) is 0. The van der Waals surface area contributed by atoms with Gasteiger partial charge in [0.05, 0.1) is 0 Å². The van der Waals surface area contributed by atoms with Crippen LogP contribution in [0.1, 0.15) is 22.3 Å². The fraction of sp³-hybridized carbons (Fsp3) is 0.267. The third-order valence-electron chi connectivity index (χ3n) is 3.03. The number of pyridine rings is 1. The average Bonchev–Trinajstić information content (AvgIpc) is 2.34. The molecule has 18 heavy (non-hydrogen) atoms. The van der Waals surface area contributed by atoms with Gasteiger partial charge in [-0.05, 0) is 38.0 Å². The van der Waals surface area contributed by atoms with Crippen LogP contribution in [0.2, 0.25) is 0 Å². The van der Waals surface area contributed by atoms with Crippen molar-refractivity contribution in [1.82, 2.24) is 4.98 Å². The molecule has 2 rings (SSSR count). The highest BCUT2D eigenvalue weighted by atomic mass is 15.0. The molecule has 0 saturated carbocycles. The summed E-state index contributed by atoms with van der Waals surface area (Å²) in [4.78, 5) is 4.36. The maximum absolute atomic E-state index is 5.72. The van der Waals surface area contributed by atoms with Gasteiger partial charge in [-0.3, -0.25) is 0 Å². The Hall–Kier alpha value is -1.87. The third-order valence-corrected chi connectivity index (χ3v) is 3.03. The summed E-state index contributed by atoms with van der Waals surface area (Å²) < 4.78 is 0. The molecular formula is C15H19N3. The second-order valence-electron chi connectivity index (χ2n) is 4.61. The van der Waals surface area contributed by atoms with E-state index in [1.54, 1.807) is 6.20 Å². The van der Waals surface area contributed by atoms with E-state index in [0.29, 0.717) is 6.54 Å². The standard InChI is InChI=1S/C15H19N3/c1-10-7-11(2)14(12(3)8-10)18-15-13(9-16)5-4-6-17-15/h4-8H,9,16H2,1-3H3,(H,17,18). The zero-order chi connectivity index (χ0) is 13.1. The van der Waals surface area contributed by atoms with Crippen LogP contribution in [0.3, 0.4) is 0 Å². The smallest absolute Gasteiger partial charge is 0.134 e. The molecule has 2 aromatic rings. The van der Waals surface area contributed by atoms with E-state index in [-0.39, 0.29) is 0 Å². The Morgan fingerprint density at radius 2 is 1.83 bits per heavy atom. The van der Waals surface area contributed by atoms with E-state index in [1.807, 2.05) is 12.1 Å². The molecule has 0 spiro atoms. The number of nitrogens with one attached hydrogen (secondary N) is 1. The number of nitrogens with two attached hydrogens (primary N) is 1. The van der Waals surface area contributed by atoms with Gasteiger partial charge in [-0.1, -0.05) is 23.8 Å². The maximum atomic E-state index is 5.72. The van der Waals surface area contributed by atoms with Gasteiger partial charge in [0.25, 0.3) is 0 Å². The molecule has 1 aromatic heterocycles. The topological polar surface area (TPSA) is 50.9 Å². The van der Waals surface area contributed by atoms with Crippen molar-refractivity contribution in [3.63, 3.8) is 0 Å². The average molecular weight is 241 g/mol. The van der Waals surface area contributed by atoms with E-state index in [9.17, 15) is 0 Å². The van der Waals surface area contributed by atoms with E-state index in [0.717, 1.165) is 17.1 Å². The molecule has 1 aromatic carbocycles. The number of nitrogens with zero attached hydrogens (tertiary/aromatic N) is 1. The molecule has 0 atom stereocenters. The predicted octanol–water partition coefficient (Wildman–Crippen LogP) is 3.21. The van der Waals surface area contributed by atoms with Crippen LogP contribution in [0.4, 0.5) is 11.5 Å². The van der Waals surface area contributed by atoms with Crippen molar-refractivity contribution in [3.8, 4) is 0 Å². The lowest BCUT2D eigenvalue weighted by atomic mass is 10.0. The monoisotopic (exact) mass is 241 g/mol. The van der Waals surface area contributed by atoms with Crippen molar-refractivity contribution in [2.24, 2.45) is 5.73 Å². The Morgan fingerprint density at radius 3 is 2.44 bits per heavy atom. The lowest BCUT2D eigenvalue weighted by molar-refractivity contribution is 1.05. The number of hydrogen-bond acceptors (Lipinski definition) is 3. The Bertz CT molecular complexity index is 538. The lowest BCUT2D eigenvalue weighted by Gasteiger charge is -2.15. The number of benzene rings is 1. The van der Waals surface area contributed by atoms with Gasteiger partial charge in [-0.25, -0.2) is 4.98 Å². The molecule has 3 nitrogen and oxygen atoms in total. The fourth-order valence-electron chi connectivity index (χ4n) is 2.21. The van der Waals surface area contributed by atoms with Crippen LogP contribution in [-0.2, 0) is 6.54 Å². The lowest BCUT2D eigenvalue weighted by Crippen LogP contribution is -2.05. The largest absolute Gasteiger partial charge is 0.340 e. The fourth-order valence-corrected chi connectivity index (χ4v) is 2.21. The summed E-state index contributed by atoms with van der Waals surface area (Å²) in [5.74, 6) is 0.843. The van der Waals surface area contributed by atoms with Gasteiger partial charge in [-0.2, -0.15) is 0 Å². The summed E-state index contributed by atoms with van der Waals surface area (Å²) in [6, 6.07) is 8.23. The first-order valence-electron chi connectivity index (χ1n) is 6.10. The second-order valence-corrected chi connectivity index (χ2v) is 4.61. The Kier molecular flexibility index (Phi) is 3.63. The van der Waals surface area contributed by atoms with Gasteiger partial charge in [0.2, 0.25) is 0 Å². The highest BCUT2D eigenvalue weighted by Gasteiger charge is 2.07. The number of anilines is 2. The van der Waals surface area contributed by atoms with E-state index in [4.69, 9.17) is 5.73 Å². The normalized spacial score (nSPS) is 10.4. The molecule has 0 amide bonds. The van der Waals surface area contributed by atoms with Gasteiger partial charge in [0.15, 0.2) is 0 Å². The van der Waals surface area contributed by atoms with Crippen LogP contribution < -0.4 is 11.1 Å². The SMILES string of the molecule is Cc1cc(C)c(Nc2ncccc2CN)c(C)c1. The molecule has 0 aliphatic carbocycles. The molecule has 0 bridgehead atoms.